The van der Waals surface area contributed by atoms with E-state index in [2.05, 4.69) is 4.98 Å². The Hall–Kier alpha value is -1.42. The molecule has 0 aliphatic rings. The molecule has 1 heterocycles. The standard InChI is InChI=1S/C8H10N2O2/c1-5(11)8(9)7-3-2-6(12)4-10-7/h2-4,8,12H,9H2,1H3. The van der Waals surface area contributed by atoms with E-state index in [4.69, 9.17) is 10.8 Å². The molecule has 3 N–H and O–H groups in total. The second-order valence-corrected chi connectivity index (χ2v) is 2.53. The van der Waals surface area contributed by atoms with Crippen LogP contribution in [0.15, 0.2) is 18.3 Å². The van der Waals surface area contributed by atoms with Gasteiger partial charge in [-0.3, -0.25) is 9.78 Å². The third-order valence-electron chi connectivity index (χ3n) is 1.53. The van der Waals surface area contributed by atoms with Gasteiger partial charge in [0.25, 0.3) is 0 Å². The minimum atomic E-state index is -0.689. The molecular weight excluding hydrogens is 156 g/mol. The molecule has 0 aliphatic heterocycles. The molecule has 0 saturated heterocycles. The summed E-state index contributed by atoms with van der Waals surface area (Å²) in [4.78, 5) is 14.6. The maximum absolute atomic E-state index is 10.8. The van der Waals surface area contributed by atoms with E-state index in [-0.39, 0.29) is 11.5 Å². The lowest BCUT2D eigenvalue weighted by atomic mass is 10.1. The first-order valence-corrected chi connectivity index (χ1v) is 3.52. The fourth-order valence-electron chi connectivity index (χ4n) is 0.790. The summed E-state index contributed by atoms with van der Waals surface area (Å²) in [7, 11) is 0. The molecule has 1 rings (SSSR count). The Morgan fingerprint density at radius 1 is 1.67 bits per heavy atom. The monoisotopic (exact) mass is 166 g/mol. The summed E-state index contributed by atoms with van der Waals surface area (Å²) in [6.07, 6.45) is 1.26. The predicted octanol–water partition coefficient (Wildman–Crippen LogP) is 0.376. The summed E-state index contributed by atoms with van der Waals surface area (Å²) in [6.45, 7) is 1.40. The molecule has 12 heavy (non-hydrogen) atoms. The smallest absolute Gasteiger partial charge is 0.152 e. The van der Waals surface area contributed by atoms with Crippen molar-refractivity contribution in [1.29, 1.82) is 0 Å². The number of carbonyl (C=O) groups excluding carboxylic acids is 1. The van der Waals surface area contributed by atoms with E-state index in [1.807, 2.05) is 0 Å². The molecule has 0 fully saturated rings. The first-order valence-electron chi connectivity index (χ1n) is 3.52. The van der Waals surface area contributed by atoms with Crippen molar-refractivity contribution in [2.45, 2.75) is 13.0 Å². The quantitative estimate of drug-likeness (QED) is 0.665. The van der Waals surface area contributed by atoms with Crippen molar-refractivity contribution < 1.29 is 9.90 Å². The fraction of sp³-hybridized carbons (Fsp3) is 0.250. The van der Waals surface area contributed by atoms with Gasteiger partial charge in [-0.15, -0.1) is 0 Å². The number of aromatic nitrogens is 1. The van der Waals surface area contributed by atoms with Gasteiger partial charge in [0.1, 0.15) is 11.8 Å². The molecule has 1 atom stereocenters. The van der Waals surface area contributed by atoms with Crippen LogP contribution in [0.4, 0.5) is 0 Å². The van der Waals surface area contributed by atoms with E-state index < -0.39 is 6.04 Å². The number of rotatable bonds is 2. The zero-order valence-electron chi connectivity index (χ0n) is 6.69. The number of hydrogen-bond acceptors (Lipinski definition) is 4. The maximum atomic E-state index is 10.8. The Balaban J connectivity index is 2.89. The molecule has 0 aliphatic carbocycles. The van der Waals surface area contributed by atoms with Crippen molar-refractivity contribution in [2.24, 2.45) is 5.73 Å². The van der Waals surface area contributed by atoms with Gasteiger partial charge in [-0.2, -0.15) is 0 Å². The highest BCUT2D eigenvalue weighted by atomic mass is 16.3. The zero-order valence-corrected chi connectivity index (χ0v) is 6.69. The molecule has 0 spiro atoms. The number of aromatic hydroxyl groups is 1. The second-order valence-electron chi connectivity index (χ2n) is 2.53. The van der Waals surface area contributed by atoms with Crippen molar-refractivity contribution in [3.05, 3.63) is 24.0 Å². The van der Waals surface area contributed by atoms with Crippen molar-refractivity contribution in [1.82, 2.24) is 4.98 Å². The average Bonchev–Trinajstić information content (AvgIpc) is 2.04. The van der Waals surface area contributed by atoms with Gasteiger partial charge in [0.2, 0.25) is 0 Å². The topological polar surface area (TPSA) is 76.2 Å². The number of ketones is 1. The Morgan fingerprint density at radius 3 is 2.75 bits per heavy atom. The van der Waals surface area contributed by atoms with Gasteiger partial charge in [0, 0.05) is 0 Å². The second kappa shape index (κ2) is 3.32. The third kappa shape index (κ3) is 1.79. The lowest BCUT2D eigenvalue weighted by Crippen LogP contribution is -2.19. The number of nitrogens with two attached hydrogens (primary N) is 1. The summed E-state index contributed by atoms with van der Waals surface area (Å²) < 4.78 is 0. The van der Waals surface area contributed by atoms with Crippen molar-refractivity contribution in [3.63, 3.8) is 0 Å². The van der Waals surface area contributed by atoms with Crippen LogP contribution in [0.25, 0.3) is 0 Å². The average molecular weight is 166 g/mol. The molecule has 4 nitrogen and oxygen atoms in total. The lowest BCUT2D eigenvalue weighted by molar-refractivity contribution is -0.118. The number of nitrogens with zero attached hydrogens (tertiary/aromatic N) is 1. The van der Waals surface area contributed by atoms with Gasteiger partial charge >= 0.3 is 0 Å². The van der Waals surface area contributed by atoms with E-state index in [0.717, 1.165) is 0 Å². The van der Waals surface area contributed by atoms with Crippen LogP contribution in [0.2, 0.25) is 0 Å². The molecule has 64 valence electrons. The van der Waals surface area contributed by atoms with Crippen molar-refractivity contribution in [3.8, 4) is 5.75 Å². The highest BCUT2D eigenvalue weighted by Crippen LogP contribution is 2.11. The van der Waals surface area contributed by atoms with E-state index in [1.54, 1.807) is 0 Å². The zero-order chi connectivity index (χ0) is 9.14. The number of Topliss-reactive ketones (excluding diaryl/α,β-unsaturated/α-hetero) is 1. The molecule has 4 heteroatoms. The van der Waals surface area contributed by atoms with Crippen LogP contribution in [0, 0.1) is 0 Å². The van der Waals surface area contributed by atoms with Crippen LogP contribution in [0.5, 0.6) is 5.75 Å². The van der Waals surface area contributed by atoms with Crippen LogP contribution in [0.1, 0.15) is 18.7 Å². The van der Waals surface area contributed by atoms with Crippen LogP contribution >= 0.6 is 0 Å². The molecule has 0 radical (unpaired) electrons. The van der Waals surface area contributed by atoms with Gasteiger partial charge in [-0.25, -0.2) is 0 Å². The lowest BCUT2D eigenvalue weighted by Gasteiger charge is -2.05. The Labute approximate surface area is 70.0 Å². The van der Waals surface area contributed by atoms with Gasteiger partial charge in [0.05, 0.1) is 11.9 Å². The van der Waals surface area contributed by atoms with E-state index in [9.17, 15) is 4.79 Å². The summed E-state index contributed by atoms with van der Waals surface area (Å²) in [5.41, 5.74) is 5.97. The van der Waals surface area contributed by atoms with Crippen LogP contribution in [-0.4, -0.2) is 15.9 Å². The van der Waals surface area contributed by atoms with Crippen molar-refractivity contribution >= 4 is 5.78 Å². The molecule has 0 saturated carbocycles. The van der Waals surface area contributed by atoms with E-state index >= 15 is 0 Å². The van der Waals surface area contributed by atoms with E-state index in [0.29, 0.717) is 5.69 Å². The Morgan fingerprint density at radius 2 is 2.33 bits per heavy atom. The molecule has 1 aromatic rings. The first kappa shape index (κ1) is 8.67. The normalized spacial score (nSPS) is 12.5. The summed E-state index contributed by atoms with van der Waals surface area (Å²) in [5, 5.41) is 8.89. The molecule has 1 aromatic heterocycles. The summed E-state index contributed by atoms with van der Waals surface area (Å²) >= 11 is 0. The first-order chi connectivity index (χ1) is 5.61. The summed E-state index contributed by atoms with van der Waals surface area (Å²) in [6, 6.07) is 2.29. The van der Waals surface area contributed by atoms with Crippen molar-refractivity contribution in [2.75, 3.05) is 0 Å². The van der Waals surface area contributed by atoms with Crippen LogP contribution < -0.4 is 5.73 Å². The minimum Gasteiger partial charge on any atom is -0.506 e. The molecule has 0 amide bonds. The highest BCUT2D eigenvalue weighted by Gasteiger charge is 2.11. The molecule has 0 aromatic carbocycles. The van der Waals surface area contributed by atoms with Gasteiger partial charge < -0.3 is 10.8 Å². The van der Waals surface area contributed by atoms with Crippen LogP contribution in [0.3, 0.4) is 0 Å². The van der Waals surface area contributed by atoms with Gasteiger partial charge in [-0.05, 0) is 19.1 Å². The van der Waals surface area contributed by atoms with Gasteiger partial charge in [-0.1, -0.05) is 0 Å². The third-order valence-corrected chi connectivity index (χ3v) is 1.53. The van der Waals surface area contributed by atoms with Crippen LogP contribution in [-0.2, 0) is 4.79 Å². The fourth-order valence-corrected chi connectivity index (χ4v) is 0.790. The number of pyridine rings is 1. The predicted molar refractivity (Wildman–Crippen MR) is 43.5 cm³/mol. The number of hydrogen-bond donors (Lipinski definition) is 2. The molecule has 1 unspecified atom stereocenters. The van der Waals surface area contributed by atoms with Gasteiger partial charge in [0.15, 0.2) is 5.78 Å². The maximum Gasteiger partial charge on any atom is 0.152 e. The minimum absolute atomic E-state index is 0.0644. The summed E-state index contributed by atoms with van der Waals surface area (Å²) in [5.74, 6) is -0.0808. The Kier molecular flexibility index (Phi) is 2.40. The molecular formula is C8H10N2O2. The van der Waals surface area contributed by atoms with E-state index in [1.165, 1.54) is 25.3 Å². The highest BCUT2D eigenvalue weighted by molar-refractivity contribution is 5.82. The SMILES string of the molecule is CC(=O)C(N)c1ccc(O)cn1. The molecule has 0 bridgehead atoms. The Bertz CT molecular complexity index is 282. The largest absolute Gasteiger partial charge is 0.506 e. The number of carbonyl (C=O) groups is 1.